The Hall–Kier alpha value is -2.06. The molecule has 1 amide bonds. The number of carbonyl (C=O) groups excluding carboxylic acids is 1. The normalized spacial score (nSPS) is 15.7. The van der Waals surface area contributed by atoms with Crippen molar-refractivity contribution in [2.75, 3.05) is 5.75 Å². The molecular formula is C12H9N3O3S2. The van der Waals surface area contributed by atoms with E-state index in [0.29, 0.717) is 10.1 Å². The van der Waals surface area contributed by atoms with Gasteiger partial charge in [0.25, 0.3) is 11.6 Å². The van der Waals surface area contributed by atoms with Gasteiger partial charge in [-0.25, -0.2) is 0 Å². The van der Waals surface area contributed by atoms with Crippen LogP contribution in [0, 0.1) is 10.1 Å². The van der Waals surface area contributed by atoms with E-state index in [2.05, 4.69) is 5.10 Å². The number of hydrogen-bond donors (Lipinski definition) is 0. The van der Waals surface area contributed by atoms with E-state index in [9.17, 15) is 14.9 Å². The van der Waals surface area contributed by atoms with Crippen LogP contribution in [0.5, 0.6) is 0 Å². The van der Waals surface area contributed by atoms with Gasteiger partial charge in [-0.1, -0.05) is 30.1 Å². The molecule has 0 saturated carbocycles. The number of hydrogen-bond acceptors (Lipinski definition) is 6. The fourth-order valence-corrected chi connectivity index (χ4v) is 2.39. The summed E-state index contributed by atoms with van der Waals surface area (Å²) in [6.07, 6.45) is 4.82. The van der Waals surface area contributed by atoms with E-state index in [1.165, 1.54) is 35.1 Å². The summed E-state index contributed by atoms with van der Waals surface area (Å²) >= 11 is 6.24. The zero-order valence-corrected chi connectivity index (χ0v) is 11.8. The average Bonchev–Trinajstić information content (AvgIpc) is 2.75. The van der Waals surface area contributed by atoms with Gasteiger partial charge in [-0.2, -0.15) is 10.1 Å². The van der Waals surface area contributed by atoms with Crippen molar-refractivity contribution in [3.63, 3.8) is 0 Å². The van der Waals surface area contributed by atoms with Gasteiger partial charge in [-0.15, -0.1) is 0 Å². The second-order valence-electron chi connectivity index (χ2n) is 3.73. The molecule has 102 valence electrons. The van der Waals surface area contributed by atoms with Gasteiger partial charge in [-0.05, 0) is 23.8 Å². The Morgan fingerprint density at radius 1 is 1.40 bits per heavy atom. The highest BCUT2D eigenvalue weighted by Crippen LogP contribution is 2.19. The smallest absolute Gasteiger partial charge is 0.269 e. The van der Waals surface area contributed by atoms with Crippen LogP contribution in [0.15, 0.2) is 35.4 Å². The molecule has 1 saturated heterocycles. The highest BCUT2D eigenvalue weighted by atomic mass is 32.2. The molecule has 0 aromatic heterocycles. The minimum atomic E-state index is -0.452. The molecule has 1 fully saturated rings. The number of nitro benzene ring substituents is 1. The number of nitrogens with zero attached hydrogens (tertiary/aromatic N) is 3. The third-order valence-corrected chi connectivity index (χ3v) is 3.73. The van der Waals surface area contributed by atoms with Crippen LogP contribution in [-0.4, -0.2) is 32.1 Å². The van der Waals surface area contributed by atoms with Crippen molar-refractivity contribution >= 4 is 52.2 Å². The summed E-state index contributed by atoms with van der Waals surface area (Å²) in [5, 5.41) is 15.6. The maximum Gasteiger partial charge on any atom is 0.269 e. The molecule has 0 atom stereocenters. The van der Waals surface area contributed by atoms with Crippen molar-refractivity contribution in [1.29, 1.82) is 0 Å². The van der Waals surface area contributed by atoms with Crippen molar-refractivity contribution < 1.29 is 9.72 Å². The number of non-ortho nitro benzene ring substituents is 1. The molecule has 0 bridgehead atoms. The van der Waals surface area contributed by atoms with Gasteiger partial charge >= 0.3 is 0 Å². The Balaban J connectivity index is 1.98. The summed E-state index contributed by atoms with van der Waals surface area (Å²) in [5.74, 6) is 0.183. The molecule has 1 aliphatic heterocycles. The summed E-state index contributed by atoms with van der Waals surface area (Å²) in [5.41, 5.74) is 0.840. The molecule has 0 spiro atoms. The van der Waals surface area contributed by atoms with Crippen LogP contribution >= 0.6 is 24.0 Å². The molecule has 1 aromatic carbocycles. The maximum absolute atomic E-state index is 11.4. The molecule has 20 heavy (non-hydrogen) atoms. The molecule has 1 heterocycles. The lowest BCUT2D eigenvalue weighted by molar-refractivity contribution is -0.384. The van der Waals surface area contributed by atoms with E-state index in [1.807, 2.05) is 0 Å². The predicted molar refractivity (Wildman–Crippen MR) is 82.5 cm³/mol. The lowest BCUT2D eigenvalue weighted by Crippen LogP contribution is -2.22. The molecule has 8 heteroatoms. The zero-order valence-electron chi connectivity index (χ0n) is 10.1. The Bertz CT molecular complexity index is 595. The molecule has 1 aliphatic rings. The number of thioether (sulfide) groups is 1. The first kappa shape index (κ1) is 14.4. The first-order valence-electron chi connectivity index (χ1n) is 5.53. The highest BCUT2D eigenvalue weighted by molar-refractivity contribution is 8.23. The van der Waals surface area contributed by atoms with Gasteiger partial charge in [0.05, 0.1) is 10.7 Å². The topological polar surface area (TPSA) is 75.8 Å². The van der Waals surface area contributed by atoms with E-state index in [0.717, 1.165) is 5.56 Å². The van der Waals surface area contributed by atoms with E-state index in [-0.39, 0.29) is 11.6 Å². The number of allylic oxidation sites excluding steroid dienone is 1. The Morgan fingerprint density at radius 3 is 2.65 bits per heavy atom. The first-order chi connectivity index (χ1) is 9.58. The monoisotopic (exact) mass is 307 g/mol. The first-order valence-corrected chi connectivity index (χ1v) is 6.92. The fraction of sp³-hybridized carbons (Fsp3) is 0.0833. The van der Waals surface area contributed by atoms with Crippen LogP contribution in [0.25, 0.3) is 6.08 Å². The summed E-state index contributed by atoms with van der Waals surface area (Å²) in [7, 11) is 0. The summed E-state index contributed by atoms with van der Waals surface area (Å²) in [4.78, 5) is 21.4. The van der Waals surface area contributed by atoms with Crippen molar-refractivity contribution in [3.8, 4) is 0 Å². The van der Waals surface area contributed by atoms with Crippen LogP contribution in [0.3, 0.4) is 0 Å². The second-order valence-corrected chi connectivity index (χ2v) is 5.34. The quantitative estimate of drug-likeness (QED) is 0.369. The van der Waals surface area contributed by atoms with Gasteiger partial charge in [0.1, 0.15) is 0 Å². The van der Waals surface area contributed by atoms with Crippen molar-refractivity contribution in [2.45, 2.75) is 0 Å². The Labute approximate surface area is 124 Å². The number of amides is 1. The third-order valence-electron chi connectivity index (χ3n) is 2.39. The SMILES string of the molecule is O=C1CSC(=S)N1/N=C/C=C/c1ccc([N+](=O)[O-])cc1. The van der Waals surface area contributed by atoms with Crippen LogP contribution in [0.2, 0.25) is 0 Å². The average molecular weight is 307 g/mol. The lowest BCUT2D eigenvalue weighted by atomic mass is 10.2. The highest BCUT2D eigenvalue weighted by Gasteiger charge is 2.25. The Morgan fingerprint density at radius 2 is 2.10 bits per heavy atom. The molecule has 1 aromatic rings. The van der Waals surface area contributed by atoms with Crippen LogP contribution in [-0.2, 0) is 4.79 Å². The lowest BCUT2D eigenvalue weighted by Gasteiger charge is -2.04. The molecule has 0 N–H and O–H groups in total. The second kappa shape index (κ2) is 6.40. The number of thiocarbonyl (C=S) groups is 1. The summed E-state index contributed by atoms with van der Waals surface area (Å²) in [6.45, 7) is 0. The zero-order chi connectivity index (χ0) is 14.5. The molecular weight excluding hydrogens is 298 g/mol. The van der Waals surface area contributed by atoms with Gasteiger partial charge in [0, 0.05) is 18.3 Å². The van der Waals surface area contributed by atoms with E-state index >= 15 is 0 Å². The van der Waals surface area contributed by atoms with Crippen LogP contribution in [0.4, 0.5) is 5.69 Å². The largest absolute Gasteiger partial charge is 0.272 e. The Kier molecular flexibility index (Phi) is 4.59. The minimum Gasteiger partial charge on any atom is -0.272 e. The number of benzene rings is 1. The van der Waals surface area contributed by atoms with Gasteiger partial charge in [-0.3, -0.25) is 14.9 Å². The molecule has 0 radical (unpaired) electrons. The van der Waals surface area contributed by atoms with Crippen molar-refractivity contribution in [3.05, 3.63) is 46.0 Å². The summed E-state index contributed by atoms with van der Waals surface area (Å²) < 4.78 is 0.440. The minimum absolute atomic E-state index is 0.0425. The van der Waals surface area contributed by atoms with Crippen LogP contribution in [0.1, 0.15) is 5.56 Å². The molecule has 6 nitrogen and oxygen atoms in total. The molecule has 0 aliphatic carbocycles. The van der Waals surface area contributed by atoms with E-state index in [1.54, 1.807) is 24.3 Å². The van der Waals surface area contributed by atoms with Gasteiger partial charge in [0.15, 0.2) is 4.32 Å². The standard InChI is InChI=1S/C12H9N3O3S2/c16-11-8-20-12(19)14(11)13-7-1-2-9-3-5-10(6-4-9)15(17)18/h1-7H,8H2/b2-1+,13-7+. The maximum atomic E-state index is 11.4. The number of nitro groups is 1. The van der Waals surface area contributed by atoms with Crippen molar-refractivity contribution in [1.82, 2.24) is 5.01 Å². The number of rotatable bonds is 4. The number of hydrazone groups is 1. The molecule has 2 rings (SSSR count). The molecule has 0 unspecified atom stereocenters. The van der Waals surface area contributed by atoms with E-state index < -0.39 is 4.92 Å². The van der Waals surface area contributed by atoms with Crippen LogP contribution < -0.4 is 0 Å². The summed E-state index contributed by atoms with van der Waals surface area (Å²) in [6, 6.07) is 6.10. The van der Waals surface area contributed by atoms with E-state index in [4.69, 9.17) is 12.2 Å². The predicted octanol–water partition coefficient (Wildman–Crippen LogP) is 2.45. The van der Waals surface area contributed by atoms with Gasteiger partial charge < -0.3 is 0 Å². The fourth-order valence-electron chi connectivity index (χ4n) is 1.43. The third kappa shape index (κ3) is 3.49. The van der Waals surface area contributed by atoms with Gasteiger partial charge in [0.2, 0.25) is 0 Å². The van der Waals surface area contributed by atoms with Crippen molar-refractivity contribution in [2.24, 2.45) is 5.10 Å². The number of carbonyl (C=O) groups is 1.